The van der Waals surface area contributed by atoms with Crippen LogP contribution in [0.15, 0.2) is 40.1 Å². The van der Waals surface area contributed by atoms with Gasteiger partial charge in [-0.1, -0.05) is 16.8 Å². The molecule has 0 aliphatic heterocycles. The molecule has 0 fully saturated rings. The molecule has 150 valence electrons. The van der Waals surface area contributed by atoms with Gasteiger partial charge in [-0.15, -0.1) is 24.0 Å². The molecule has 0 bridgehead atoms. The van der Waals surface area contributed by atoms with Gasteiger partial charge in [0.1, 0.15) is 18.7 Å². The molecule has 0 amide bonds. The van der Waals surface area contributed by atoms with Gasteiger partial charge in [0.2, 0.25) is 11.7 Å². The fourth-order valence-electron chi connectivity index (χ4n) is 2.32. The van der Waals surface area contributed by atoms with Crippen molar-refractivity contribution in [3.05, 3.63) is 47.3 Å². The van der Waals surface area contributed by atoms with Gasteiger partial charge in [0.05, 0.1) is 0 Å². The van der Waals surface area contributed by atoms with E-state index in [2.05, 4.69) is 35.8 Å². The summed E-state index contributed by atoms with van der Waals surface area (Å²) in [7, 11) is 1.84. The lowest BCUT2D eigenvalue weighted by Crippen LogP contribution is -2.38. The predicted molar refractivity (Wildman–Crippen MR) is 118 cm³/mol. The van der Waals surface area contributed by atoms with E-state index in [9.17, 15) is 0 Å². The molecule has 28 heavy (non-hydrogen) atoms. The Morgan fingerprint density at radius 3 is 2.71 bits per heavy atom. The Kier molecular flexibility index (Phi) is 8.64. The van der Waals surface area contributed by atoms with Gasteiger partial charge in [0.15, 0.2) is 5.96 Å². The van der Waals surface area contributed by atoms with Crippen molar-refractivity contribution in [3.8, 4) is 11.4 Å². The highest BCUT2D eigenvalue weighted by Gasteiger charge is 2.09. The minimum Gasteiger partial charge on any atom is -0.357 e. The van der Waals surface area contributed by atoms with Gasteiger partial charge in [0, 0.05) is 37.1 Å². The van der Waals surface area contributed by atoms with Crippen molar-refractivity contribution in [2.75, 3.05) is 13.1 Å². The number of guanidine groups is 1. The number of hydrogen-bond donors (Lipinski definition) is 2. The molecule has 0 unspecified atom stereocenters. The van der Waals surface area contributed by atoms with Crippen molar-refractivity contribution < 1.29 is 4.52 Å². The molecule has 2 heterocycles. The average molecular weight is 517 g/mol. The second-order valence-electron chi connectivity index (χ2n) is 5.69. The topological polar surface area (TPSA) is 106 Å². The first-order valence-corrected chi connectivity index (χ1v) is 8.97. The maximum absolute atomic E-state index is 5.90. The number of nitrogens with zero attached hydrogens (tertiary/aromatic N) is 6. The molecule has 0 atom stereocenters. The zero-order valence-corrected chi connectivity index (χ0v) is 18.7. The number of rotatable bonds is 7. The standard InChI is InChI=1S/C17H21ClN8O.HI/c1-3-19-17(21-10-14-22-11-23-26(14)2)20-9-8-15-24-16(25-27-15)12-4-6-13(18)7-5-12;/h4-7,11H,3,8-10H2,1-2H3,(H2,19,20,21);1H. The molecule has 0 saturated carbocycles. The average Bonchev–Trinajstić information content (AvgIpc) is 3.29. The Hall–Kier alpha value is -2.21. The smallest absolute Gasteiger partial charge is 0.228 e. The van der Waals surface area contributed by atoms with Gasteiger partial charge in [-0.25, -0.2) is 9.98 Å². The number of hydrogen-bond acceptors (Lipinski definition) is 6. The molecule has 2 aromatic heterocycles. The largest absolute Gasteiger partial charge is 0.357 e. The highest BCUT2D eigenvalue weighted by molar-refractivity contribution is 14.0. The molecule has 3 aromatic rings. The Bertz CT molecular complexity index is 893. The molecule has 0 saturated heterocycles. The molecule has 1 aromatic carbocycles. The maximum atomic E-state index is 5.90. The molecule has 3 rings (SSSR count). The zero-order valence-electron chi connectivity index (χ0n) is 15.6. The van der Waals surface area contributed by atoms with Crippen molar-refractivity contribution in [1.82, 2.24) is 35.5 Å². The van der Waals surface area contributed by atoms with Gasteiger partial charge < -0.3 is 15.2 Å². The van der Waals surface area contributed by atoms with Crippen molar-refractivity contribution in [2.24, 2.45) is 12.0 Å². The number of benzene rings is 1. The Morgan fingerprint density at radius 2 is 2.04 bits per heavy atom. The van der Waals surface area contributed by atoms with E-state index in [1.54, 1.807) is 16.8 Å². The minimum absolute atomic E-state index is 0. The molecule has 0 spiro atoms. The van der Waals surface area contributed by atoms with Gasteiger partial charge >= 0.3 is 0 Å². The number of aryl methyl sites for hydroxylation is 1. The first kappa shape index (κ1) is 22.1. The Balaban J connectivity index is 0.00000280. The van der Waals surface area contributed by atoms with Crippen LogP contribution < -0.4 is 10.6 Å². The summed E-state index contributed by atoms with van der Waals surface area (Å²) in [6.07, 6.45) is 2.09. The van der Waals surface area contributed by atoms with Crippen LogP contribution in [0.1, 0.15) is 18.6 Å². The third-order valence-electron chi connectivity index (χ3n) is 3.73. The van der Waals surface area contributed by atoms with Gasteiger partial charge in [0.25, 0.3) is 0 Å². The van der Waals surface area contributed by atoms with Crippen molar-refractivity contribution in [3.63, 3.8) is 0 Å². The lowest BCUT2D eigenvalue weighted by Gasteiger charge is -2.10. The fourth-order valence-corrected chi connectivity index (χ4v) is 2.44. The van der Waals surface area contributed by atoms with E-state index in [1.807, 2.05) is 26.1 Å². The lowest BCUT2D eigenvalue weighted by atomic mass is 10.2. The van der Waals surface area contributed by atoms with Crippen molar-refractivity contribution in [2.45, 2.75) is 19.9 Å². The third kappa shape index (κ3) is 6.16. The molecule has 11 heteroatoms. The summed E-state index contributed by atoms with van der Waals surface area (Å²) >= 11 is 5.90. The lowest BCUT2D eigenvalue weighted by molar-refractivity contribution is 0.378. The number of nitrogens with one attached hydrogen (secondary N) is 2. The van der Waals surface area contributed by atoms with E-state index in [0.29, 0.717) is 42.2 Å². The van der Waals surface area contributed by atoms with E-state index in [4.69, 9.17) is 16.1 Å². The van der Waals surface area contributed by atoms with Crippen LogP contribution in [0.25, 0.3) is 11.4 Å². The van der Waals surface area contributed by atoms with E-state index < -0.39 is 0 Å². The van der Waals surface area contributed by atoms with Crippen molar-refractivity contribution in [1.29, 1.82) is 0 Å². The Morgan fingerprint density at radius 1 is 1.25 bits per heavy atom. The van der Waals surface area contributed by atoms with Crippen LogP contribution in [0.5, 0.6) is 0 Å². The molecular weight excluding hydrogens is 495 g/mol. The van der Waals surface area contributed by atoms with Gasteiger partial charge in [-0.2, -0.15) is 10.1 Å². The highest BCUT2D eigenvalue weighted by Crippen LogP contribution is 2.18. The second-order valence-corrected chi connectivity index (χ2v) is 6.13. The van der Waals surface area contributed by atoms with Crippen LogP contribution in [0.2, 0.25) is 5.02 Å². The van der Waals surface area contributed by atoms with Crippen LogP contribution in [0.3, 0.4) is 0 Å². The predicted octanol–water partition coefficient (Wildman–Crippen LogP) is 2.43. The summed E-state index contributed by atoms with van der Waals surface area (Å²) in [4.78, 5) is 13.1. The summed E-state index contributed by atoms with van der Waals surface area (Å²) in [5.74, 6) is 2.58. The summed E-state index contributed by atoms with van der Waals surface area (Å²) in [6, 6.07) is 7.31. The number of aliphatic imine (C=N–C) groups is 1. The monoisotopic (exact) mass is 516 g/mol. The number of halogens is 2. The van der Waals surface area contributed by atoms with E-state index in [-0.39, 0.29) is 24.0 Å². The second kappa shape index (κ2) is 11.0. The highest BCUT2D eigenvalue weighted by atomic mass is 127. The third-order valence-corrected chi connectivity index (χ3v) is 3.98. The molecule has 0 aliphatic rings. The van der Waals surface area contributed by atoms with E-state index in [0.717, 1.165) is 17.9 Å². The summed E-state index contributed by atoms with van der Waals surface area (Å²) in [5, 5.41) is 15.1. The Labute approximate surface area is 185 Å². The van der Waals surface area contributed by atoms with Crippen LogP contribution in [0, 0.1) is 0 Å². The van der Waals surface area contributed by atoms with E-state index >= 15 is 0 Å². The fraction of sp³-hybridized carbons (Fsp3) is 0.353. The molecule has 2 N–H and O–H groups in total. The van der Waals surface area contributed by atoms with Gasteiger partial charge in [-0.3, -0.25) is 4.68 Å². The zero-order chi connectivity index (χ0) is 19.1. The maximum Gasteiger partial charge on any atom is 0.228 e. The quantitative estimate of drug-likeness (QED) is 0.282. The van der Waals surface area contributed by atoms with Crippen molar-refractivity contribution >= 4 is 41.5 Å². The van der Waals surface area contributed by atoms with Crippen LogP contribution in [-0.4, -0.2) is 44.0 Å². The first-order chi connectivity index (χ1) is 13.2. The molecular formula is C17H22ClIN8O. The van der Waals surface area contributed by atoms with Crippen LogP contribution >= 0.6 is 35.6 Å². The first-order valence-electron chi connectivity index (χ1n) is 8.59. The number of aromatic nitrogens is 5. The SMILES string of the molecule is CCNC(=NCc1ncnn1C)NCCc1nc(-c2ccc(Cl)cc2)no1.I. The normalized spacial score (nSPS) is 11.2. The molecule has 0 aliphatic carbocycles. The van der Waals surface area contributed by atoms with Crippen LogP contribution in [0.4, 0.5) is 0 Å². The summed E-state index contributed by atoms with van der Waals surface area (Å²) < 4.78 is 7.01. The molecule has 9 nitrogen and oxygen atoms in total. The summed E-state index contributed by atoms with van der Waals surface area (Å²) in [6.45, 7) is 3.81. The summed E-state index contributed by atoms with van der Waals surface area (Å²) in [5.41, 5.74) is 0.862. The van der Waals surface area contributed by atoms with E-state index in [1.165, 1.54) is 6.33 Å². The van der Waals surface area contributed by atoms with Gasteiger partial charge in [-0.05, 0) is 31.2 Å². The van der Waals surface area contributed by atoms with Crippen LogP contribution in [-0.2, 0) is 20.0 Å². The molecule has 0 radical (unpaired) electrons. The minimum atomic E-state index is 0.